The Hall–Kier alpha value is -2.29. The van der Waals surface area contributed by atoms with Crippen LogP contribution in [0.25, 0.3) is 0 Å². The number of benzene rings is 2. The molecule has 6 nitrogen and oxygen atoms in total. The summed E-state index contributed by atoms with van der Waals surface area (Å²) in [5, 5.41) is 0. The van der Waals surface area contributed by atoms with Crippen LogP contribution in [-0.2, 0) is 21.4 Å². The topological polar surface area (TPSA) is 69.7 Å². The number of carbonyl (C=O) groups excluding carboxylic acids is 1. The van der Waals surface area contributed by atoms with Gasteiger partial charge in [0.25, 0.3) is 0 Å². The van der Waals surface area contributed by atoms with Crippen LogP contribution >= 0.6 is 0 Å². The minimum absolute atomic E-state index is 0.0650. The first-order valence-electron chi connectivity index (χ1n) is 9.15. The Morgan fingerprint density at radius 3 is 2.32 bits per heavy atom. The lowest BCUT2D eigenvalue weighted by molar-refractivity contribution is -0.131. The molecule has 0 spiro atoms. The van der Waals surface area contributed by atoms with Gasteiger partial charge in [-0.25, -0.2) is 17.5 Å². The number of sulfonamides is 1. The molecule has 0 aromatic heterocycles. The number of carbonyl (C=O) groups is 1. The fourth-order valence-electron chi connectivity index (χ4n) is 3.15. The highest BCUT2D eigenvalue weighted by Crippen LogP contribution is 2.13. The van der Waals surface area contributed by atoms with Crippen molar-refractivity contribution in [3.63, 3.8) is 0 Å². The quantitative estimate of drug-likeness (QED) is 0.795. The molecule has 0 atom stereocenters. The Morgan fingerprint density at radius 1 is 1.04 bits per heavy atom. The molecule has 1 heterocycles. The van der Waals surface area contributed by atoms with Crippen LogP contribution in [-0.4, -0.2) is 56.8 Å². The fraction of sp³-hybridized carbons (Fsp3) is 0.350. The molecule has 1 saturated heterocycles. The molecule has 0 saturated carbocycles. The number of halogens is 1. The van der Waals surface area contributed by atoms with Crippen molar-refractivity contribution in [3.8, 4) is 0 Å². The third kappa shape index (κ3) is 5.15. The van der Waals surface area contributed by atoms with E-state index in [2.05, 4.69) is 28.7 Å². The Morgan fingerprint density at radius 2 is 1.68 bits per heavy atom. The second-order valence-electron chi connectivity index (χ2n) is 6.86. The van der Waals surface area contributed by atoms with Gasteiger partial charge in [0.1, 0.15) is 5.82 Å². The van der Waals surface area contributed by atoms with E-state index in [1.165, 1.54) is 23.3 Å². The Bertz CT molecular complexity index is 924. The molecule has 0 aliphatic carbocycles. The van der Waals surface area contributed by atoms with Crippen LogP contribution in [0.2, 0.25) is 0 Å². The van der Waals surface area contributed by atoms with Gasteiger partial charge in [-0.3, -0.25) is 9.69 Å². The zero-order valence-corrected chi connectivity index (χ0v) is 16.6. The van der Waals surface area contributed by atoms with Gasteiger partial charge in [-0.1, -0.05) is 24.3 Å². The van der Waals surface area contributed by atoms with Crippen molar-refractivity contribution >= 4 is 15.9 Å². The third-order valence-corrected chi connectivity index (χ3v) is 6.33. The lowest BCUT2D eigenvalue weighted by Gasteiger charge is -2.35. The molecule has 1 aliphatic heterocycles. The first kappa shape index (κ1) is 20.4. The molecular weight excluding hydrogens is 381 g/mol. The summed E-state index contributed by atoms with van der Waals surface area (Å²) in [6.07, 6.45) is 0. The molecular formula is C20H24FN3O3S. The van der Waals surface area contributed by atoms with Crippen LogP contribution in [0.3, 0.4) is 0 Å². The summed E-state index contributed by atoms with van der Waals surface area (Å²) in [5.41, 5.74) is 2.52. The summed E-state index contributed by atoms with van der Waals surface area (Å²) >= 11 is 0. The van der Waals surface area contributed by atoms with Gasteiger partial charge in [-0.2, -0.15) is 0 Å². The van der Waals surface area contributed by atoms with Gasteiger partial charge < -0.3 is 4.90 Å². The molecule has 8 heteroatoms. The Kier molecular flexibility index (Phi) is 6.43. The largest absolute Gasteiger partial charge is 0.339 e. The predicted octanol–water partition coefficient (Wildman–Crippen LogP) is 1.76. The van der Waals surface area contributed by atoms with Gasteiger partial charge in [0.05, 0.1) is 11.4 Å². The van der Waals surface area contributed by atoms with Crippen molar-refractivity contribution in [1.82, 2.24) is 14.5 Å². The number of aryl methyl sites for hydroxylation is 1. The molecule has 3 rings (SSSR count). The zero-order chi connectivity index (χ0) is 20.1. The fourth-order valence-corrected chi connectivity index (χ4v) is 4.12. The normalized spacial score (nSPS) is 15.6. The number of hydrogen-bond acceptors (Lipinski definition) is 4. The molecule has 1 N–H and O–H groups in total. The average molecular weight is 405 g/mol. The number of nitrogens with zero attached hydrogens (tertiary/aromatic N) is 2. The molecule has 2 aromatic carbocycles. The Balaban J connectivity index is 1.48. The van der Waals surface area contributed by atoms with Crippen LogP contribution in [0.5, 0.6) is 0 Å². The molecule has 0 bridgehead atoms. The molecule has 2 aromatic rings. The highest BCUT2D eigenvalue weighted by molar-refractivity contribution is 7.89. The van der Waals surface area contributed by atoms with Crippen molar-refractivity contribution in [2.75, 3.05) is 32.7 Å². The van der Waals surface area contributed by atoms with E-state index in [1.807, 2.05) is 12.1 Å². The van der Waals surface area contributed by atoms with Gasteiger partial charge in [0, 0.05) is 32.7 Å². The molecule has 0 unspecified atom stereocenters. The van der Waals surface area contributed by atoms with Crippen LogP contribution in [0.4, 0.5) is 4.39 Å². The van der Waals surface area contributed by atoms with Gasteiger partial charge in [0.2, 0.25) is 15.9 Å². The minimum Gasteiger partial charge on any atom is -0.339 e. The standard InChI is InChI=1S/C20H24FN3O3S/c1-16-4-2-3-5-17(16)15-23-10-12-24(13-11-23)20(25)14-22-28(26,27)19-8-6-18(21)7-9-19/h2-9,22H,10-15H2,1H3. The highest BCUT2D eigenvalue weighted by atomic mass is 32.2. The molecule has 1 aliphatic rings. The molecule has 150 valence electrons. The van der Waals surface area contributed by atoms with Crippen LogP contribution in [0.1, 0.15) is 11.1 Å². The van der Waals surface area contributed by atoms with Crippen molar-refractivity contribution in [2.45, 2.75) is 18.4 Å². The van der Waals surface area contributed by atoms with E-state index < -0.39 is 15.8 Å². The van der Waals surface area contributed by atoms with Gasteiger partial charge in [-0.15, -0.1) is 0 Å². The summed E-state index contributed by atoms with van der Waals surface area (Å²) in [6.45, 7) is 5.22. The maximum absolute atomic E-state index is 12.9. The SMILES string of the molecule is Cc1ccccc1CN1CCN(C(=O)CNS(=O)(=O)c2ccc(F)cc2)CC1. The number of rotatable bonds is 6. The number of amides is 1. The monoisotopic (exact) mass is 405 g/mol. The van der Waals surface area contributed by atoms with Gasteiger partial charge in [0.15, 0.2) is 0 Å². The minimum atomic E-state index is -3.84. The van der Waals surface area contributed by atoms with E-state index in [4.69, 9.17) is 0 Å². The van der Waals surface area contributed by atoms with Crippen LogP contribution in [0.15, 0.2) is 53.4 Å². The van der Waals surface area contributed by atoms with E-state index in [9.17, 15) is 17.6 Å². The lowest BCUT2D eigenvalue weighted by atomic mass is 10.1. The van der Waals surface area contributed by atoms with Crippen LogP contribution in [0, 0.1) is 12.7 Å². The highest BCUT2D eigenvalue weighted by Gasteiger charge is 2.23. The van der Waals surface area contributed by atoms with E-state index in [-0.39, 0.29) is 17.3 Å². The zero-order valence-electron chi connectivity index (χ0n) is 15.8. The summed E-state index contributed by atoms with van der Waals surface area (Å²) in [5.74, 6) is -0.778. The number of nitrogens with one attached hydrogen (secondary N) is 1. The molecule has 1 amide bonds. The second kappa shape index (κ2) is 8.81. The predicted molar refractivity (Wildman–Crippen MR) is 105 cm³/mol. The van der Waals surface area contributed by atoms with Crippen molar-refractivity contribution in [3.05, 3.63) is 65.5 Å². The van der Waals surface area contributed by atoms with Crippen LogP contribution < -0.4 is 4.72 Å². The first-order valence-corrected chi connectivity index (χ1v) is 10.6. The number of piperazine rings is 1. The summed E-state index contributed by atoms with van der Waals surface area (Å²) in [6, 6.07) is 12.7. The summed E-state index contributed by atoms with van der Waals surface area (Å²) < 4.78 is 39.6. The molecule has 0 radical (unpaired) electrons. The second-order valence-corrected chi connectivity index (χ2v) is 8.63. The molecule has 28 heavy (non-hydrogen) atoms. The summed E-state index contributed by atoms with van der Waals surface area (Å²) in [7, 11) is -3.84. The van der Waals surface area contributed by atoms with E-state index >= 15 is 0 Å². The van der Waals surface area contributed by atoms with Gasteiger partial charge in [-0.05, 0) is 42.3 Å². The van der Waals surface area contributed by atoms with E-state index in [0.29, 0.717) is 13.1 Å². The average Bonchev–Trinajstić information content (AvgIpc) is 2.69. The number of hydrogen-bond donors (Lipinski definition) is 1. The van der Waals surface area contributed by atoms with Crippen molar-refractivity contribution in [2.24, 2.45) is 0 Å². The summed E-state index contributed by atoms with van der Waals surface area (Å²) in [4.78, 5) is 16.3. The third-order valence-electron chi connectivity index (χ3n) is 4.92. The van der Waals surface area contributed by atoms with Gasteiger partial charge >= 0.3 is 0 Å². The first-order chi connectivity index (χ1) is 13.3. The van der Waals surface area contributed by atoms with E-state index in [1.54, 1.807) is 4.90 Å². The van der Waals surface area contributed by atoms with Crippen molar-refractivity contribution < 1.29 is 17.6 Å². The van der Waals surface area contributed by atoms with E-state index in [0.717, 1.165) is 31.8 Å². The molecule has 1 fully saturated rings. The smallest absolute Gasteiger partial charge is 0.241 e. The lowest BCUT2D eigenvalue weighted by Crippen LogP contribution is -2.50. The van der Waals surface area contributed by atoms with Crippen molar-refractivity contribution in [1.29, 1.82) is 0 Å². The maximum atomic E-state index is 12.9. The Labute approximate surface area is 165 Å². The maximum Gasteiger partial charge on any atom is 0.241 e.